The molecule has 4 aliphatic carbocycles. The summed E-state index contributed by atoms with van der Waals surface area (Å²) in [5.41, 5.74) is 0.360. The molecule has 0 aromatic heterocycles. The maximum atomic E-state index is 12.9. The molecule has 1 aromatic carbocycles. The molecule has 0 saturated heterocycles. The Morgan fingerprint density at radius 2 is 1.62 bits per heavy atom. The third-order valence-electron chi connectivity index (χ3n) is 7.14. The highest BCUT2D eigenvalue weighted by Crippen LogP contribution is 2.53. The van der Waals surface area contributed by atoms with Gasteiger partial charge in [0.05, 0.1) is 17.2 Å². The van der Waals surface area contributed by atoms with E-state index in [0.29, 0.717) is 22.5 Å². The van der Waals surface area contributed by atoms with E-state index in [0.717, 1.165) is 44.6 Å². The molecule has 1 atom stereocenters. The quantitative estimate of drug-likeness (QED) is 0.352. The number of methoxy groups -OCH3 is 1. The van der Waals surface area contributed by atoms with Crippen LogP contribution in [0.1, 0.15) is 38.5 Å². The van der Waals surface area contributed by atoms with E-state index in [4.69, 9.17) is 27.9 Å². The monoisotopic (exact) mass is 480 g/mol. The first-order valence-corrected chi connectivity index (χ1v) is 11.7. The van der Waals surface area contributed by atoms with Crippen LogP contribution in [-0.4, -0.2) is 36.7 Å². The fourth-order valence-electron chi connectivity index (χ4n) is 5.94. The van der Waals surface area contributed by atoms with Crippen LogP contribution in [0.4, 0.5) is 5.69 Å². The van der Waals surface area contributed by atoms with Crippen LogP contribution in [-0.2, 0) is 23.9 Å². The summed E-state index contributed by atoms with van der Waals surface area (Å²) < 4.78 is 4.70. The summed E-state index contributed by atoms with van der Waals surface area (Å²) in [6, 6.07) is 4.47. The van der Waals surface area contributed by atoms with Gasteiger partial charge in [0.15, 0.2) is 0 Å². The normalized spacial score (nSPS) is 28.7. The molecule has 172 valence electrons. The molecule has 2 amide bonds. The highest BCUT2D eigenvalue weighted by atomic mass is 35.5. The molecule has 4 aliphatic rings. The zero-order valence-electron chi connectivity index (χ0n) is 17.7. The minimum Gasteiger partial charge on any atom is -0.468 e. The average Bonchev–Trinajstić information content (AvgIpc) is 2.75. The van der Waals surface area contributed by atoms with E-state index in [1.54, 1.807) is 6.07 Å². The van der Waals surface area contributed by atoms with Crippen molar-refractivity contribution < 1.29 is 23.9 Å². The number of esters is 1. The van der Waals surface area contributed by atoms with Gasteiger partial charge < -0.3 is 15.4 Å². The predicted molar refractivity (Wildman–Crippen MR) is 119 cm³/mol. The maximum Gasteiger partial charge on any atom is 0.317 e. The fourth-order valence-corrected chi connectivity index (χ4v) is 6.24. The standard InChI is InChI=1S/C23H26Cl2N2O5/c1-32-23(31)16(10-19(28)26-15-2-3-17(24)18(25)9-15)21(29)22(30)27-20-13-5-11-4-12(7-13)8-14(20)6-11/h2-3,9,11-14,16,20H,4-8,10H2,1H3,(H,26,28)(H,27,30). The van der Waals surface area contributed by atoms with Crippen molar-refractivity contribution in [3.8, 4) is 0 Å². The number of carbonyl (C=O) groups excluding carboxylic acids is 4. The van der Waals surface area contributed by atoms with Crippen molar-refractivity contribution in [1.82, 2.24) is 5.32 Å². The molecule has 4 bridgehead atoms. The van der Waals surface area contributed by atoms with E-state index in [2.05, 4.69) is 10.6 Å². The van der Waals surface area contributed by atoms with Gasteiger partial charge >= 0.3 is 5.97 Å². The van der Waals surface area contributed by atoms with Crippen molar-refractivity contribution in [3.63, 3.8) is 0 Å². The van der Waals surface area contributed by atoms with Gasteiger partial charge in [-0.2, -0.15) is 0 Å². The Kier molecular flexibility index (Phi) is 6.77. The Hall–Kier alpha value is -2.12. The SMILES string of the molecule is COC(=O)C(CC(=O)Nc1ccc(Cl)c(Cl)c1)C(=O)C(=O)NC1C2CC3CC(C2)CC1C3. The lowest BCUT2D eigenvalue weighted by Crippen LogP contribution is -2.57. The van der Waals surface area contributed by atoms with Crippen molar-refractivity contribution >= 4 is 52.5 Å². The van der Waals surface area contributed by atoms with Crippen molar-refractivity contribution in [1.29, 1.82) is 0 Å². The third kappa shape index (κ3) is 4.79. The van der Waals surface area contributed by atoms with Crippen molar-refractivity contribution in [2.75, 3.05) is 12.4 Å². The Bertz CT molecular complexity index is 922. The number of hydrogen-bond acceptors (Lipinski definition) is 5. The van der Waals surface area contributed by atoms with Crippen LogP contribution < -0.4 is 10.6 Å². The van der Waals surface area contributed by atoms with E-state index in [9.17, 15) is 19.2 Å². The molecule has 7 nitrogen and oxygen atoms in total. The third-order valence-corrected chi connectivity index (χ3v) is 7.88. The van der Waals surface area contributed by atoms with Gasteiger partial charge in [-0.05, 0) is 74.0 Å². The lowest BCUT2D eigenvalue weighted by Gasteiger charge is -2.54. The first-order valence-electron chi connectivity index (χ1n) is 10.9. The summed E-state index contributed by atoms with van der Waals surface area (Å²) in [7, 11) is 1.12. The number of rotatable bonds is 7. The Labute approximate surface area is 196 Å². The van der Waals surface area contributed by atoms with Crippen LogP contribution in [0.2, 0.25) is 10.0 Å². The highest BCUT2D eigenvalue weighted by Gasteiger charge is 2.49. The summed E-state index contributed by atoms with van der Waals surface area (Å²) in [5, 5.41) is 6.04. The predicted octanol–water partition coefficient (Wildman–Crippen LogP) is 3.62. The van der Waals surface area contributed by atoms with E-state index < -0.39 is 35.9 Å². The number of amides is 2. The smallest absolute Gasteiger partial charge is 0.317 e. The van der Waals surface area contributed by atoms with E-state index in [1.165, 1.54) is 18.6 Å². The van der Waals surface area contributed by atoms with E-state index >= 15 is 0 Å². The minimum absolute atomic E-state index is 0.0393. The number of anilines is 1. The average molecular weight is 481 g/mol. The number of carbonyl (C=O) groups is 4. The highest BCUT2D eigenvalue weighted by molar-refractivity contribution is 6.42. The van der Waals surface area contributed by atoms with Crippen molar-refractivity contribution in [2.45, 2.75) is 44.6 Å². The molecular weight excluding hydrogens is 455 g/mol. The molecule has 5 rings (SSSR count). The first kappa shape index (κ1) is 23.1. The fraction of sp³-hybridized carbons (Fsp3) is 0.565. The van der Waals surface area contributed by atoms with Gasteiger partial charge in [0.1, 0.15) is 5.92 Å². The van der Waals surface area contributed by atoms with Gasteiger partial charge in [0.25, 0.3) is 5.91 Å². The number of hydrogen-bond donors (Lipinski definition) is 2. The molecule has 0 radical (unpaired) electrons. The first-order chi connectivity index (χ1) is 15.2. The van der Waals surface area contributed by atoms with Gasteiger partial charge in [0, 0.05) is 18.2 Å². The lowest BCUT2D eigenvalue weighted by atomic mass is 9.54. The minimum atomic E-state index is -1.51. The van der Waals surface area contributed by atoms with Crippen LogP contribution in [0.25, 0.3) is 0 Å². The lowest BCUT2D eigenvalue weighted by molar-refractivity contribution is -0.155. The second-order valence-electron chi connectivity index (χ2n) is 9.25. The zero-order chi connectivity index (χ0) is 23.0. The molecule has 0 spiro atoms. The summed E-state index contributed by atoms with van der Waals surface area (Å²) >= 11 is 11.8. The van der Waals surface area contributed by atoms with Gasteiger partial charge in [-0.15, -0.1) is 0 Å². The van der Waals surface area contributed by atoms with Gasteiger partial charge in [-0.3, -0.25) is 19.2 Å². The van der Waals surface area contributed by atoms with Crippen LogP contribution in [0.5, 0.6) is 0 Å². The van der Waals surface area contributed by atoms with E-state index in [1.807, 2.05) is 0 Å². The van der Waals surface area contributed by atoms with Gasteiger partial charge in [-0.1, -0.05) is 23.2 Å². The Balaban J connectivity index is 1.40. The van der Waals surface area contributed by atoms with Gasteiger partial charge in [0.2, 0.25) is 11.7 Å². The molecule has 4 saturated carbocycles. The van der Waals surface area contributed by atoms with Crippen molar-refractivity contribution in [3.05, 3.63) is 28.2 Å². The van der Waals surface area contributed by atoms with Gasteiger partial charge in [-0.25, -0.2) is 0 Å². The van der Waals surface area contributed by atoms with E-state index in [-0.39, 0.29) is 11.1 Å². The molecule has 0 aliphatic heterocycles. The Morgan fingerprint density at radius 1 is 1.00 bits per heavy atom. The summed E-state index contributed by atoms with van der Waals surface area (Å²) in [5.74, 6) is -2.58. The molecule has 4 fully saturated rings. The van der Waals surface area contributed by atoms with Crippen molar-refractivity contribution in [2.24, 2.45) is 29.6 Å². The summed E-state index contributed by atoms with van der Waals surface area (Å²) in [6.07, 6.45) is 5.10. The van der Waals surface area contributed by atoms with Crippen LogP contribution in [0, 0.1) is 29.6 Å². The summed E-state index contributed by atoms with van der Waals surface area (Å²) in [6.45, 7) is 0. The molecule has 1 unspecified atom stereocenters. The molecule has 32 heavy (non-hydrogen) atoms. The molecule has 1 aromatic rings. The largest absolute Gasteiger partial charge is 0.468 e. The zero-order valence-corrected chi connectivity index (χ0v) is 19.2. The molecular formula is C23H26Cl2N2O5. The number of nitrogens with one attached hydrogen (secondary N) is 2. The second-order valence-corrected chi connectivity index (χ2v) is 10.1. The summed E-state index contributed by atoms with van der Waals surface area (Å²) in [4.78, 5) is 50.4. The number of Topliss-reactive ketones (excluding diaryl/α,β-unsaturated/α-hetero) is 1. The topological polar surface area (TPSA) is 102 Å². The second kappa shape index (κ2) is 9.40. The van der Waals surface area contributed by atoms with Crippen LogP contribution >= 0.6 is 23.2 Å². The number of ether oxygens (including phenoxy) is 1. The number of ketones is 1. The Morgan fingerprint density at radius 3 is 2.19 bits per heavy atom. The molecule has 0 heterocycles. The van der Waals surface area contributed by atoms with Crippen LogP contribution in [0.3, 0.4) is 0 Å². The van der Waals surface area contributed by atoms with Crippen LogP contribution in [0.15, 0.2) is 18.2 Å². The number of halogens is 2. The number of benzene rings is 1. The molecule has 9 heteroatoms. The maximum absolute atomic E-state index is 12.9. The molecule has 2 N–H and O–H groups in total.